The van der Waals surface area contributed by atoms with E-state index in [4.69, 9.17) is 5.10 Å². The molecule has 0 unspecified atom stereocenters. The minimum atomic E-state index is 0.640. The third kappa shape index (κ3) is 5.24. The van der Waals surface area contributed by atoms with Crippen LogP contribution in [0.4, 0.5) is 5.95 Å². The van der Waals surface area contributed by atoms with Gasteiger partial charge in [-0.1, -0.05) is 30.3 Å². The number of nitrogens with zero attached hydrogens (tertiary/aromatic N) is 5. The molecular weight excluding hydrogens is 362 g/mol. The summed E-state index contributed by atoms with van der Waals surface area (Å²) in [5.41, 5.74) is 4.34. The molecule has 0 aliphatic rings. The van der Waals surface area contributed by atoms with Gasteiger partial charge >= 0.3 is 0 Å². The highest BCUT2D eigenvalue weighted by Gasteiger charge is 2.11. The molecule has 0 bridgehead atoms. The summed E-state index contributed by atoms with van der Waals surface area (Å²) in [7, 11) is 0. The Bertz CT molecular complexity index is 1000. The van der Waals surface area contributed by atoms with Crippen molar-refractivity contribution in [3.63, 3.8) is 0 Å². The number of hydrogen-bond donors (Lipinski definition) is 2. The molecular formula is C22H23N7. The number of hydrogen-bond acceptors (Lipinski definition) is 6. The molecule has 0 aliphatic carbocycles. The van der Waals surface area contributed by atoms with Crippen molar-refractivity contribution in [3.8, 4) is 11.3 Å². The fourth-order valence-corrected chi connectivity index (χ4v) is 3.07. The Morgan fingerprint density at radius 3 is 2.52 bits per heavy atom. The van der Waals surface area contributed by atoms with Crippen LogP contribution in [0.25, 0.3) is 11.3 Å². The quantitative estimate of drug-likeness (QED) is 0.431. The lowest BCUT2D eigenvalue weighted by atomic mass is 10.1. The van der Waals surface area contributed by atoms with E-state index in [1.807, 2.05) is 41.2 Å². The molecule has 0 saturated heterocycles. The molecule has 0 fully saturated rings. The highest BCUT2D eigenvalue weighted by Crippen LogP contribution is 2.21. The van der Waals surface area contributed by atoms with E-state index < -0.39 is 0 Å². The zero-order valence-electron chi connectivity index (χ0n) is 16.1. The van der Waals surface area contributed by atoms with Gasteiger partial charge in [0.2, 0.25) is 5.95 Å². The molecule has 3 heterocycles. The van der Waals surface area contributed by atoms with E-state index in [2.05, 4.69) is 43.9 Å². The predicted octanol–water partition coefficient (Wildman–Crippen LogP) is 2.99. The molecule has 4 aromatic rings. The maximum absolute atomic E-state index is 4.82. The average molecular weight is 385 g/mol. The van der Waals surface area contributed by atoms with Gasteiger partial charge in [0.05, 0.1) is 12.2 Å². The minimum absolute atomic E-state index is 0.640. The molecule has 0 saturated carbocycles. The Morgan fingerprint density at radius 2 is 1.72 bits per heavy atom. The van der Waals surface area contributed by atoms with E-state index in [0.717, 1.165) is 43.0 Å². The van der Waals surface area contributed by atoms with Crippen molar-refractivity contribution in [2.45, 2.75) is 13.1 Å². The van der Waals surface area contributed by atoms with Crippen molar-refractivity contribution in [2.75, 3.05) is 18.4 Å². The lowest BCUT2D eigenvalue weighted by molar-refractivity contribution is 0.681. The fourth-order valence-electron chi connectivity index (χ4n) is 3.07. The monoisotopic (exact) mass is 385 g/mol. The summed E-state index contributed by atoms with van der Waals surface area (Å²) in [6.45, 7) is 2.98. The van der Waals surface area contributed by atoms with Gasteiger partial charge in [-0.05, 0) is 23.8 Å². The molecule has 146 valence electrons. The van der Waals surface area contributed by atoms with Gasteiger partial charge in [-0.25, -0.2) is 9.97 Å². The molecule has 0 atom stereocenters. The van der Waals surface area contributed by atoms with Gasteiger partial charge in [-0.2, -0.15) is 5.10 Å². The Morgan fingerprint density at radius 1 is 0.862 bits per heavy atom. The van der Waals surface area contributed by atoms with Gasteiger partial charge < -0.3 is 10.6 Å². The molecule has 1 aromatic carbocycles. The zero-order chi connectivity index (χ0) is 19.7. The molecule has 2 N–H and O–H groups in total. The van der Waals surface area contributed by atoms with Crippen LogP contribution >= 0.6 is 0 Å². The van der Waals surface area contributed by atoms with Crippen LogP contribution in [0.3, 0.4) is 0 Å². The van der Waals surface area contributed by atoms with Crippen molar-refractivity contribution in [1.82, 2.24) is 30.0 Å². The van der Waals surface area contributed by atoms with Crippen LogP contribution in [0.5, 0.6) is 0 Å². The Kier molecular flexibility index (Phi) is 6.19. The van der Waals surface area contributed by atoms with Gasteiger partial charge in [0.25, 0.3) is 0 Å². The molecule has 7 nitrogen and oxygen atoms in total. The number of benzene rings is 1. The molecule has 29 heavy (non-hydrogen) atoms. The molecule has 0 aliphatic heterocycles. The maximum Gasteiger partial charge on any atom is 0.222 e. The van der Waals surface area contributed by atoms with E-state index in [0.29, 0.717) is 5.95 Å². The van der Waals surface area contributed by atoms with Crippen LogP contribution in [0, 0.1) is 0 Å². The van der Waals surface area contributed by atoms with Gasteiger partial charge in [0.15, 0.2) is 0 Å². The topological polar surface area (TPSA) is 80.5 Å². The van der Waals surface area contributed by atoms with E-state index in [1.165, 1.54) is 5.56 Å². The second-order valence-electron chi connectivity index (χ2n) is 6.60. The summed E-state index contributed by atoms with van der Waals surface area (Å²) in [6, 6.07) is 16.1. The van der Waals surface area contributed by atoms with E-state index in [1.54, 1.807) is 24.7 Å². The summed E-state index contributed by atoms with van der Waals surface area (Å²) in [5, 5.41) is 11.5. The van der Waals surface area contributed by atoms with Crippen molar-refractivity contribution in [3.05, 3.63) is 90.6 Å². The first-order valence-electron chi connectivity index (χ1n) is 9.61. The van der Waals surface area contributed by atoms with Crippen LogP contribution in [-0.4, -0.2) is 37.8 Å². The second kappa shape index (κ2) is 9.57. The largest absolute Gasteiger partial charge is 0.353 e. The maximum atomic E-state index is 4.82. The van der Waals surface area contributed by atoms with Gasteiger partial charge in [0, 0.05) is 61.7 Å². The summed E-state index contributed by atoms with van der Waals surface area (Å²) in [5.74, 6) is 0.640. The van der Waals surface area contributed by atoms with Crippen molar-refractivity contribution in [2.24, 2.45) is 0 Å². The lowest BCUT2D eigenvalue weighted by Crippen LogP contribution is -2.22. The van der Waals surface area contributed by atoms with Crippen LogP contribution < -0.4 is 10.6 Å². The summed E-state index contributed by atoms with van der Waals surface area (Å²) in [6.07, 6.45) is 9.19. The first-order valence-corrected chi connectivity index (χ1v) is 9.61. The van der Waals surface area contributed by atoms with Crippen LogP contribution in [-0.2, 0) is 13.1 Å². The molecule has 0 spiro atoms. The van der Waals surface area contributed by atoms with E-state index >= 15 is 0 Å². The highest BCUT2D eigenvalue weighted by atomic mass is 15.3. The minimum Gasteiger partial charge on any atom is -0.353 e. The van der Waals surface area contributed by atoms with Gasteiger partial charge in [-0.15, -0.1) is 0 Å². The highest BCUT2D eigenvalue weighted by molar-refractivity contribution is 5.61. The Balaban J connectivity index is 1.41. The summed E-state index contributed by atoms with van der Waals surface area (Å²) >= 11 is 0. The first-order chi connectivity index (χ1) is 14.4. The Labute approximate surface area is 169 Å². The predicted molar refractivity (Wildman–Crippen MR) is 113 cm³/mol. The standard InChI is InChI=1S/C22H23N7/c1-2-6-18(7-3-1)16-29-17-20(21(28-29)19-8-4-9-23-14-19)15-24-12-13-27-22-25-10-5-11-26-22/h1-11,14,17,24H,12-13,15-16H2,(H,25,26,27). The number of anilines is 1. The van der Waals surface area contributed by atoms with E-state index in [-0.39, 0.29) is 0 Å². The third-order valence-electron chi connectivity index (χ3n) is 4.43. The molecule has 4 rings (SSSR count). The smallest absolute Gasteiger partial charge is 0.222 e. The van der Waals surface area contributed by atoms with Crippen molar-refractivity contribution >= 4 is 5.95 Å². The van der Waals surface area contributed by atoms with Gasteiger partial charge in [0.1, 0.15) is 0 Å². The molecule has 0 radical (unpaired) electrons. The van der Waals surface area contributed by atoms with Crippen LogP contribution in [0.1, 0.15) is 11.1 Å². The summed E-state index contributed by atoms with van der Waals surface area (Å²) in [4.78, 5) is 12.6. The summed E-state index contributed by atoms with van der Waals surface area (Å²) < 4.78 is 1.99. The van der Waals surface area contributed by atoms with Crippen LogP contribution in [0.15, 0.2) is 79.5 Å². The average Bonchev–Trinajstić information content (AvgIpc) is 3.18. The number of aromatic nitrogens is 5. The first kappa shape index (κ1) is 18.8. The second-order valence-corrected chi connectivity index (χ2v) is 6.60. The zero-order valence-corrected chi connectivity index (χ0v) is 16.1. The SMILES string of the molecule is c1ccc(Cn2cc(CNCCNc3ncccn3)c(-c3cccnc3)n2)cc1. The van der Waals surface area contributed by atoms with E-state index in [9.17, 15) is 0 Å². The molecule has 7 heteroatoms. The number of rotatable bonds is 9. The third-order valence-corrected chi connectivity index (χ3v) is 4.43. The normalized spacial score (nSPS) is 10.8. The fraction of sp³-hybridized carbons (Fsp3) is 0.182. The number of pyridine rings is 1. The number of nitrogens with one attached hydrogen (secondary N) is 2. The van der Waals surface area contributed by atoms with Gasteiger partial charge in [-0.3, -0.25) is 9.67 Å². The molecule has 3 aromatic heterocycles. The Hall–Kier alpha value is -3.58. The molecule has 0 amide bonds. The lowest BCUT2D eigenvalue weighted by Gasteiger charge is -2.06. The van der Waals surface area contributed by atoms with Crippen molar-refractivity contribution < 1.29 is 0 Å². The van der Waals surface area contributed by atoms with Crippen LogP contribution in [0.2, 0.25) is 0 Å². The van der Waals surface area contributed by atoms with Crippen molar-refractivity contribution in [1.29, 1.82) is 0 Å².